The number of aromatic nitrogens is 2. The van der Waals surface area contributed by atoms with Crippen LogP contribution in [0.2, 0.25) is 5.02 Å². The molecule has 136 valence electrons. The Morgan fingerprint density at radius 3 is 2.84 bits per heavy atom. The van der Waals surface area contributed by atoms with Crippen LogP contribution in [0, 0.1) is 0 Å². The molecule has 0 spiro atoms. The lowest BCUT2D eigenvalue weighted by molar-refractivity contribution is 0.165. The Hall–Kier alpha value is -2.25. The molecule has 8 heteroatoms. The number of anilines is 1. The van der Waals surface area contributed by atoms with Gasteiger partial charge in [-0.3, -0.25) is 4.68 Å². The summed E-state index contributed by atoms with van der Waals surface area (Å²) in [6.07, 6.45) is 2.51. The highest BCUT2D eigenvalue weighted by Gasteiger charge is 2.19. The standard InChI is InChI=1S/C17H23ClN4O3/c1-4-10-25-16-12(18)6-5-7-13(16)20-17(23)21-14(11-24-3)15-8-9-19-22(15)2/h5-9,14H,4,10-11H2,1-3H3,(H2,20,21,23). The third-order valence-electron chi connectivity index (χ3n) is 3.52. The van der Waals surface area contributed by atoms with Crippen molar-refractivity contribution in [2.45, 2.75) is 19.4 Å². The molecule has 2 rings (SSSR count). The molecular weight excluding hydrogens is 344 g/mol. The van der Waals surface area contributed by atoms with Crippen molar-refractivity contribution in [3.8, 4) is 5.75 Å². The quantitative estimate of drug-likeness (QED) is 0.750. The highest BCUT2D eigenvalue weighted by atomic mass is 35.5. The Kier molecular flexibility index (Phi) is 7.09. The molecule has 7 nitrogen and oxygen atoms in total. The number of hydrogen-bond acceptors (Lipinski definition) is 4. The smallest absolute Gasteiger partial charge is 0.319 e. The van der Waals surface area contributed by atoms with E-state index >= 15 is 0 Å². The number of nitrogens with one attached hydrogen (secondary N) is 2. The lowest BCUT2D eigenvalue weighted by Gasteiger charge is -2.19. The van der Waals surface area contributed by atoms with E-state index in [2.05, 4.69) is 15.7 Å². The van der Waals surface area contributed by atoms with E-state index in [1.807, 2.05) is 20.0 Å². The van der Waals surface area contributed by atoms with Crippen molar-refractivity contribution in [1.29, 1.82) is 0 Å². The van der Waals surface area contributed by atoms with Crippen LogP contribution in [0.25, 0.3) is 0 Å². The van der Waals surface area contributed by atoms with E-state index in [0.717, 1.165) is 12.1 Å². The average Bonchev–Trinajstić information content (AvgIpc) is 3.00. The lowest BCUT2D eigenvalue weighted by Crippen LogP contribution is -2.35. The summed E-state index contributed by atoms with van der Waals surface area (Å²) >= 11 is 6.18. The van der Waals surface area contributed by atoms with Gasteiger partial charge in [-0.15, -0.1) is 0 Å². The van der Waals surface area contributed by atoms with Gasteiger partial charge in [-0.25, -0.2) is 4.79 Å². The first-order valence-corrected chi connectivity index (χ1v) is 8.40. The Morgan fingerprint density at radius 1 is 1.40 bits per heavy atom. The van der Waals surface area contributed by atoms with Crippen molar-refractivity contribution >= 4 is 23.3 Å². The molecule has 0 radical (unpaired) electrons. The number of benzene rings is 1. The summed E-state index contributed by atoms with van der Waals surface area (Å²) in [5.41, 5.74) is 1.35. The minimum atomic E-state index is -0.383. The summed E-state index contributed by atoms with van der Waals surface area (Å²) in [5.74, 6) is 0.463. The zero-order chi connectivity index (χ0) is 18.2. The normalized spacial score (nSPS) is 11.8. The number of para-hydroxylation sites is 1. The largest absolute Gasteiger partial charge is 0.490 e. The van der Waals surface area contributed by atoms with Gasteiger partial charge in [0.1, 0.15) is 0 Å². The molecule has 2 amide bonds. The molecule has 0 aliphatic carbocycles. The first kappa shape index (κ1) is 19.1. The minimum Gasteiger partial charge on any atom is -0.490 e. The predicted molar refractivity (Wildman–Crippen MR) is 97.2 cm³/mol. The van der Waals surface area contributed by atoms with Gasteiger partial charge in [0.15, 0.2) is 5.75 Å². The topological polar surface area (TPSA) is 77.4 Å². The summed E-state index contributed by atoms with van der Waals surface area (Å²) in [7, 11) is 3.39. The van der Waals surface area contributed by atoms with Gasteiger partial charge >= 0.3 is 6.03 Å². The van der Waals surface area contributed by atoms with Crippen LogP contribution in [0.5, 0.6) is 5.75 Å². The second-order valence-corrected chi connectivity index (χ2v) is 5.86. The number of halogens is 1. The van der Waals surface area contributed by atoms with Crippen molar-refractivity contribution in [2.24, 2.45) is 7.05 Å². The number of carbonyl (C=O) groups is 1. The Bertz CT molecular complexity index is 705. The van der Waals surface area contributed by atoms with E-state index in [0.29, 0.717) is 29.7 Å². The van der Waals surface area contributed by atoms with Crippen molar-refractivity contribution in [1.82, 2.24) is 15.1 Å². The molecule has 1 aromatic carbocycles. The molecule has 1 heterocycles. The molecule has 1 atom stereocenters. The summed E-state index contributed by atoms with van der Waals surface area (Å²) in [6.45, 7) is 2.84. The van der Waals surface area contributed by atoms with Crippen LogP contribution in [-0.4, -0.2) is 36.1 Å². The number of methoxy groups -OCH3 is 1. The van der Waals surface area contributed by atoms with Gasteiger partial charge in [0.2, 0.25) is 0 Å². The van der Waals surface area contributed by atoms with Crippen molar-refractivity contribution in [3.05, 3.63) is 41.2 Å². The zero-order valence-corrected chi connectivity index (χ0v) is 15.3. The van der Waals surface area contributed by atoms with Crippen molar-refractivity contribution in [3.63, 3.8) is 0 Å². The number of ether oxygens (including phenoxy) is 2. The molecule has 0 aliphatic rings. The molecule has 0 saturated carbocycles. The van der Waals surface area contributed by atoms with Crippen molar-refractivity contribution in [2.75, 3.05) is 25.6 Å². The SMILES string of the molecule is CCCOc1c(Cl)cccc1NC(=O)NC(COC)c1ccnn1C. The predicted octanol–water partition coefficient (Wildman–Crippen LogP) is 3.37. The van der Waals surface area contributed by atoms with E-state index in [9.17, 15) is 4.79 Å². The lowest BCUT2D eigenvalue weighted by atomic mass is 10.2. The monoisotopic (exact) mass is 366 g/mol. The highest BCUT2D eigenvalue weighted by Crippen LogP contribution is 2.33. The van der Waals surface area contributed by atoms with Crippen LogP contribution >= 0.6 is 11.6 Å². The van der Waals surface area contributed by atoms with Crippen LogP contribution in [0.3, 0.4) is 0 Å². The van der Waals surface area contributed by atoms with Crippen LogP contribution < -0.4 is 15.4 Å². The van der Waals surface area contributed by atoms with Gasteiger partial charge in [0.25, 0.3) is 0 Å². The zero-order valence-electron chi connectivity index (χ0n) is 14.6. The number of carbonyl (C=O) groups excluding carboxylic acids is 1. The highest BCUT2D eigenvalue weighted by molar-refractivity contribution is 6.32. The first-order valence-electron chi connectivity index (χ1n) is 8.02. The molecule has 2 aromatic rings. The Balaban J connectivity index is 2.11. The molecule has 1 unspecified atom stereocenters. The fourth-order valence-corrected chi connectivity index (χ4v) is 2.60. The number of nitrogens with zero attached hydrogens (tertiary/aromatic N) is 2. The van der Waals surface area contributed by atoms with E-state index in [1.165, 1.54) is 0 Å². The minimum absolute atomic E-state index is 0.321. The summed E-state index contributed by atoms with van der Waals surface area (Å²) in [6, 6.07) is 6.33. The maximum Gasteiger partial charge on any atom is 0.319 e. The molecule has 0 bridgehead atoms. The van der Waals surface area contributed by atoms with Crippen LogP contribution in [-0.2, 0) is 11.8 Å². The van der Waals surface area contributed by atoms with Crippen LogP contribution in [0.15, 0.2) is 30.5 Å². The second-order valence-electron chi connectivity index (χ2n) is 5.45. The second kappa shape index (κ2) is 9.29. The number of rotatable bonds is 8. The summed E-state index contributed by atoms with van der Waals surface area (Å²) in [5, 5.41) is 10.2. The third kappa shape index (κ3) is 5.11. The van der Waals surface area contributed by atoms with Crippen molar-refractivity contribution < 1.29 is 14.3 Å². The molecule has 2 N–H and O–H groups in total. The Labute approximate surface area is 152 Å². The summed E-state index contributed by atoms with van der Waals surface area (Å²) < 4.78 is 12.5. The van der Waals surface area contributed by atoms with Crippen LogP contribution in [0.1, 0.15) is 25.1 Å². The number of urea groups is 1. The Morgan fingerprint density at radius 2 is 2.20 bits per heavy atom. The molecule has 0 aliphatic heterocycles. The molecule has 25 heavy (non-hydrogen) atoms. The maximum absolute atomic E-state index is 12.4. The third-order valence-corrected chi connectivity index (χ3v) is 3.82. The average molecular weight is 367 g/mol. The van der Waals surface area contributed by atoms with E-state index in [1.54, 1.807) is 36.2 Å². The van der Waals surface area contributed by atoms with E-state index in [4.69, 9.17) is 21.1 Å². The fourth-order valence-electron chi connectivity index (χ4n) is 2.37. The first-order chi connectivity index (χ1) is 12.1. The van der Waals surface area contributed by atoms with E-state index < -0.39 is 0 Å². The number of hydrogen-bond donors (Lipinski definition) is 2. The summed E-state index contributed by atoms with van der Waals surface area (Å²) in [4.78, 5) is 12.4. The molecule has 1 aromatic heterocycles. The molecular formula is C17H23ClN4O3. The van der Waals surface area contributed by atoms with Gasteiger partial charge in [-0.2, -0.15) is 5.10 Å². The van der Waals surface area contributed by atoms with Gasteiger partial charge in [-0.05, 0) is 24.6 Å². The van der Waals surface area contributed by atoms with Gasteiger partial charge in [0, 0.05) is 20.4 Å². The van der Waals surface area contributed by atoms with Gasteiger partial charge < -0.3 is 20.1 Å². The van der Waals surface area contributed by atoms with Gasteiger partial charge in [-0.1, -0.05) is 24.6 Å². The molecule has 0 fully saturated rings. The van der Waals surface area contributed by atoms with E-state index in [-0.39, 0.29) is 12.1 Å². The maximum atomic E-state index is 12.4. The van der Waals surface area contributed by atoms with Gasteiger partial charge in [0.05, 0.1) is 35.7 Å². The molecule has 0 saturated heterocycles. The number of aryl methyl sites for hydroxylation is 1. The fraction of sp³-hybridized carbons (Fsp3) is 0.412. The number of amides is 2. The van der Waals surface area contributed by atoms with Crippen LogP contribution in [0.4, 0.5) is 10.5 Å².